The molecule has 18 rings (SSSR count). The maximum absolute atomic E-state index is 2.82. The van der Waals surface area contributed by atoms with Crippen molar-refractivity contribution >= 4 is 161 Å². The molecule has 0 amide bonds. The van der Waals surface area contributed by atoms with Crippen LogP contribution in [0.3, 0.4) is 0 Å². The molecule has 137 heavy (non-hydrogen) atoms. The minimum absolute atomic E-state index is 0.990. The van der Waals surface area contributed by atoms with Crippen molar-refractivity contribution in [3.05, 3.63) is 466 Å². The molecule has 18 aromatic carbocycles. The molecule has 0 fully saturated rings. The molecule has 14 atom stereocenters. The number of aryl methyl sites for hydroxylation is 7. The molecule has 0 bridgehead atoms. The van der Waals surface area contributed by atoms with Gasteiger partial charge in [0.15, 0.2) is 0 Å². The summed E-state index contributed by atoms with van der Waals surface area (Å²) in [6, 6.07) is 139. The molecule has 0 aliphatic heterocycles. The predicted octanol–water partition coefficient (Wildman–Crippen LogP) is 32.3. The first-order valence-corrected chi connectivity index (χ1v) is 56.3. The Morgan fingerprint density at radius 3 is 0.708 bits per heavy atom. The van der Waals surface area contributed by atoms with Crippen molar-refractivity contribution in [1.29, 1.82) is 0 Å². The molecule has 14 heteroatoms. The summed E-state index contributed by atoms with van der Waals surface area (Å²) in [7, 11) is 38.9. The van der Waals surface area contributed by atoms with Gasteiger partial charge in [-0.25, -0.2) is 0 Å². The topological polar surface area (TPSA) is 0 Å². The van der Waals surface area contributed by atoms with Crippen LogP contribution in [0.4, 0.5) is 0 Å². The third-order valence-corrected chi connectivity index (χ3v) is 31.0. The van der Waals surface area contributed by atoms with E-state index >= 15 is 0 Å². The van der Waals surface area contributed by atoms with Crippen LogP contribution in [0.2, 0.25) is 0 Å². The smallest absolute Gasteiger partial charge is 0.0126 e. The highest BCUT2D eigenvalue weighted by atomic mass is 31.0. The van der Waals surface area contributed by atoms with Crippen LogP contribution in [0.25, 0.3) is 134 Å². The lowest BCUT2D eigenvalue weighted by Crippen LogP contribution is -1.95. The highest BCUT2D eigenvalue weighted by molar-refractivity contribution is 7.28. The van der Waals surface area contributed by atoms with Gasteiger partial charge in [0, 0.05) is 0 Å². The molecule has 690 valence electrons. The average Bonchev–Trinajstić information content (AvgIpc) is 0.867. The average molecular weight is 2040 g/mol. The zero-order valence-corrected chi connectivity index (χ0v) is 95.8. The second-order valence-electron chi connectivity index (χ2n) is 34.9. The van der Waals surface area contributed by atoms with Gasteiger partial charge in [-0.05, 0) is 371 Å². The van der Waals surface area contributed by atoms with Crippen LogP contribution in [0.5, 0.6) is 0 Å². The van der Waals surface area contributed by atoms with Crippen LogP contribution in [0.1, 0.15) is 83.5 Å². The zero-order valence-electron chi connectivity index (χ0n) is 79.6. The second kappa shape index (κ2) is 52.6. The summed E-state index contributed by atoms with van der Waals surface area (Å²) in [6.07, 6.45) is 7.98. The van der Waals surface area contributed by atoms with Gasteiger partial charge in [-0.1, -0.05) is 358 Å². The highest BCUT2D eigenvalue weighted by Gasteiger charge is 2.15. The molecule has 0 radical (unpaired) electrons. The van der Waals surface area contributed by atoms with E-state index in [1.165, 1.54) is 249 Å². The number of benzene rings is 18. The second-order valence-corrected chi connectivity index (χ2v) is 42.1. The van der Waals surface area contributed by atoms with E-state index in [4.69, 9.17) is 0 Å². The Kier molecular flexibility index (Phi) is 40.8. The Labute approximate surface area is 851 Å². The van der Waals surface area contributed by atoms with E-state index in [-0.39, 0.29) is 0 Å². The lowest BCUT2D eigenvalue weighted by molar-refractivity contribution is 1.31. The summed E-state index contributed by atoms with van der Waals surface area (Å²) in [5, 5.41) is 7.32. The molecule has 0 aliphatic rings. The van der Waals surface area contributed by atoms with Crippen molar-refractivity contribution in [1.82, 2.24) is 0 Å². The third kappa shape index (κ3) is 30.1. The normalized spacial score (nSPS) is 10.8. The molecule has 18 aromatic rings. The molecule has 0 aromatic heterocycles. The zero-order chi connectivity index (χ0) is 97.2. The van der Waals surface area contributed by atoms with Crippen molar-refractivity contribution < 1.29 is 0 Å². The molecular formula is C123H128P14. The van der Waals surface area contributed by atoms with Crippen molar-refractivity contribution in [3.8, 4) is 134 Å². The highest BCUT2D eigenvalue weighted by Crippen LogP contribution is 2.38. The molecule has 0 aliphatic carbocycles. The lowest BCUT2D eigenvalue weighted by atomic mass is 9.94. The molecule has 0 heterocycles. The van der Waals surface area contributed by atoms with Gasteiger partial charge in [0.1, 0.15) is 0 Å². The predicted molar refractivity (Wildman–Crippen MR) is 660 cm³/mol. The molecule has 0 N–H and O–H groups in total. The van der Waals surface area contributed by atoms with E-state index in [1.807, 2.05) is 0 Å². The van der Waals surface area contributed by atoms with E-state index in [9.17, 15) is 0 Å². The fraction of sp³-hybridized carbons (Fsp3) is 0.122. The summed E-state index contributed by atoms with van der Waals surface area (Å²) in [6.45, 7) is 15.3. The standard InChI is InChI=1S/C21H23P3.2C21H22P2.C20H21P3.2C20H20P2/c1-14-8-18(19-10-15(12-22)9-16(11-19)13-23)4-7-21(14)17-2-5-20(24)6-3-17;1-14-9-19(16-5-7-21(23)8-6-16)12-20(10-14)17-3-4-18(13-22)15(2)11-17;1-14-10-16(13-22)6-8-20(14)19-5-3-4-17(12-19)18-7-9-21(23)15(2)11-18;21-12-14-9-15(13-22)11-19(10-14)18-3-1-16(2-4-18)17-5-7-20(23)8-6-17;1-14-11-15(13-21)5-10-20(14)18-4-2-3-17(12-18)16-6-8-19(22)9-7-16;1-14-11-18(5-6-19(14)13-21)17-4-2-3-16(12-17)15-7-9-20(22)10-8-15/h2-11H,12-13,22-24H2,1H3;2*3-12H,13,22-23H2,1-2H3;1-11H,12-13,21-23H2;2*2-12H,13,21-22H2,1H3. The largest absolute Gasteiger partial charge is 0.133 e. The van der Waals surface area contributed by atoms with Crippen LogP contribution >= 0.6 is 129 Å². The van der Waals surface area contributed by atoms with Gasteiger partial charge in [-0.15, -0.1) is 129 Å². The van der Waals surface area contributed by atoms with E-state index < -0.39 is 0 Å². The van der Waals surface area contributed by atoms with Crippen LogP contribution in [0, 0.1) is 48.5 Å². The summed E-state index contributed by atoms with van der Waals surface area (Å²) in [5.74, 6) is 0. The minimum Gasteiger partial charge on any atom is -0.133 e. The van der Waals surface area contributed by atoms with Crippen molar-refractivity contribution in [3.63, 3.8) is 0 Å². The molecule has 0 saturated heterocycles. The van der Waals surface area contributed by atoms with Crippen LogP contribution in [-0.4, -0.2) is 0 Å². The Hall–Kier alpha value is -8.02. The van der Waals surface area contributed by atoms with Crippen LogP contribution < -0.4 is 31.8 Å². The Morgan fingerprint density at radius 2 is 0.372 bits per heavy atom. The van der Waals surface area contributed by atoms with Gasteiger partial charge in [0.05, 0.1) is 0 Å². The monoisotopic (exact) mass is 2040 g/mol. The fourth-order valence-electron chi connectivity index (χ4n) is 16.9. The van der Waals surface area contributed by atoms with Crippen molar-refractivity contribution in [2.45, 2.75) is 97.8 Å². The summed E-state index contributed by atoms with van der Waals surface area (Å²) in [5.41, 5.74) is 50.9. The molecule has 14 unspecified atom stereocenters. The lowest BCUT2D eigenvalue weighted by Gasteiger charge is -2.12. The summed E-state index contributed by atoms with van der Waals surface area (Å²) >= 11 is 0. The molecular weight excluding hydrogens is 1910 g/mol. The summed E-state index contributed by atoms with van der Waals surface area (Å²) in [4.78, 5) is 0. The van der Waals surface area contributed by atoms with Gasteiger partial charge >= 0.3 is 0 Å². The first-order chi connectivity index (χ1) is 66.3. The maximum atomic E-state index is 2.82. The van der Waals surface area contributed by atoms with Crippen LogP contribution in [-0.2, 0) is 49.3 Å². The van der Waals surface area contributed by atoms with Gasteiger partial charge in [0.25, 0.3) is 0 Å². The molecule has 0 nitrogen and oxygen atoms in total. The first-order valence-electron chi connectivity index (χ1n) is 46.3. The quantitative estimate of drug-likeness (QED) is 0.0667. The van der Waals surface area contributed by atoms with E-state index in [0.29, 0.717) is 0 Å². The summed E-state index contributed by atoms with van der Waals surface area (Å²) < 4.78 is 0. The number of rotatable bonds is 20. The Balaban J connectivity index is 0.000000139. The van der Waals surface area contributed by atoms with Gasteiger partial charge in [-0.3, -0.25) is 0 Å². The number of hydrogen-bond donors (Lipinski definition) is 0. The van der Waals surface area contributed by atoms with Gasteiger partial charge in [-0.2, -0.15) is 0 Å². The van der Waals surface area contributed by atoms with E-state index in [2.05, 4.69) is 560 Å². The van der Waals surface area contributed by atoms with E-state index in [1.54, 1.807) is 0 Å². The van der Waals surface area contributed by atoms with Crippen molar-refractivity contribution in [2.75, 3.05) is 0 Å². The molecule has 0 spiro atoms. The third-order valence-electron chi connectivity index (χ3n) is 24.8. The van der Waals surface area contributed by atoms with Crippen molar-refractivity contribution in [2.24, 2.45) is 0 Å². The van der Waals surface area contributed by atoms with Gasteiger partial charge < -0.3 is 0 Å². The Morgan fingerprint density at radius 1 is 0.146 bits per heavy atom. The maximum Gasteiger partial charge on any atom is -0.0126 e. The Bertz CT molecular complexity index is 7060. The number of hydrogen-bond acceptors (Lipinski definition) is 0. The first kappa shape index (κ1) is 106. The van der Waals surface area contributed by atoms with Gasteiger partial charge in [0.2, 0.25) is 0 Å². The molecule has 0 saturated carbocycles. The fourth-order valence-corrected chi connectivity index (χ4v) is 20.4. The van der Waals surface area contributed by atoms with E-state index in [0.717, 1.165) is 49.3 Å². The minimum atomic E-state index is 0.990. The SMILES string of the molecule is Cc1cc(-c2cc(CP)cc(CP)c2)ccc1-c1ccc(P)cc1.Cc1cc(-c2ccc(P)cc2)cc(-c2ccc(CP)c(C)c2)c1.Cc1cc(-c2cccc(-c3ccc(CP)cc3C)c2)ccc1P.Cc1cc(-c2cccc(-c3ccc(P)cc3)c2)ccc1CP.Cc1cc(CP)ccc1-c1cccc(-c2ccc(P)cc2)c1.PCc1cc(CP)cc(-c2ccc(-c3ccc(P)cc3)cc2)c1. The van der Waals surface area contributed by atoms with Crippen LogP contribution in [0.15, 0.2) is 382 Å².